The highest BCUT2D eigenvalue weighted by molar-refractivity contribution is 8.14. The van der Waals surface area contributed by atoms with Crippen molar-refractivity contribution in [1.29, 1.82) is 0 Å². The first-order valence-electron chi connectivity index (χ1n) is 8.36. The van der Waals surface area contributed by atoms with Gasteiger partial charge in [-0.25, -0.2) is 4.74 Å². The molecule has 3 aromatic rings. The van der Waals surface area contributed by atoms with Crippen LogP contribution in [0.2, 0.25) is 0 Å². The number of aliphatic imine (C=N–C) groups is 1. The fraction of sp³-hybridized carbons (Fsp3) is 0.0952. The minimum atomic E-state index is -2.13. The molecule has 4 rings (SSSR count). The van der Waals surface area contributed by atoms with E-state index in [4.69, 9.17) is 4.74 Å². The molecule has 0 saturated carbocycles. The number of benzene rings is 3. The molecule has 0 unspecified atom stereocenters. The van der Waals surface area contributed by atoms with Crippen LogP contribution in [0.4, 0.5) is 0 Å². The summed E-state index contributed by atoms with van der Waals surface area (Å²) in [6, 6.07) is 32.1. The van der Waals surface area contributed by atoms with Crippen molar-refractivity contribution in [3.8, 4) is 0 Å². The van der Waals surface area contributed by atoms with Gasteiger partial charge in [0.15, 0.2) is 5.17 Å². The summed E-state index contributed by atoms with van der Waals surface area (Å²) < 4.78 is 5.34. The first-order chi connectivity index (χ1) is 12.4. The zero-order valence-electron chi connectivity index (χ0n) is 13.8. The van der Waals surface area contributed by atoms with Gasteiger partial charge in [0.1, 0.15) is 0 Å². The molecule has 0 spiro atoms. The van der Waals surface area contributed by atoms with Crippen molar-refractivity contribution in [2.45, 2.75) is 0 Å². The molecule has 1 aliphatic rings. The quantitative estimate of drug-likeness (QED) is 0.639. The average Bonchev–Trinajstić information content (AvgIpc) is 3.21. The number of thioether (sulfide) groups is 1. The van der Waals surface area contributed by atoms with Gasteiger partial charge in [-0.1, -0.05) is 103 Å². The van der Waals surface area contributed by atoms with E-state index >= 15 is 0 Å². The fourth-order valence-electron chi connectivity index (χ4n) is 3.06. The SMILES string of the molecule is c1ccc(P(=NC2=NCCS2)(c2ccccc2)c2ccccc2)cc1. The standard InChI is InChI=1S/C21H19N2PS/c1-4-10-18(11-5-1)24(19-12-6-2-7-13-19,20-14-8-3-9-15-20)23-21-22-16-17-25-21/h1-15H,16-17H2. The van der Waals surface area contributed by atoms with Gasteiger partial charge in [-0.2, -0.15) is 0 Å². The minimum Gasteiger partial charge on any atom is -0.260 e. The Labute approximate surface area is 153 Å². The predicted molar refractivity (Wildman–Crippen MR) is 112 cm³/mol. The van der Waals surface area contributed by atoms with Gasteiger partial charge in [-0.3, -0.25) is 4.99 Å². The molecule has 25 heavy (non-hydrogen) atoms. The van der Waals surface area contributed by atoms with E-state index < -0.39 is 7.05 Å². The van der Waals surface area contributed by atoms with Gasteiger partial charge in [0.05, 0.1) is 13.6 Å². The van der Waals surface area contributed by atoms with Gasteiger partial charge in [0, 0.05) is 21.7 Å². The van der Waals surface area contributed by atoms with E-state index in [1.54, 1.807) is 11.8 Å². The Morgan fingerprint density at radius 2 is 1.12 bits per heavy atom. The molecular weight excluding hydrogens is 343 g/mol. The van der Waals surface area contributed by atoms with Crippen LogP contribution in [-0.4, -0.2) is 17.5 Å². The average molecular weight is 362 g/mol. The summed E-state index contributed by atoms with van der Waals surface area (Å²) in [7, 11) is -2.13. The van der Waals surface area contributed by atoms with Crippen LogP contribution < -0.4 is 15.9 Å². The molecule has 124 valence electrons. The summed E-state index contributed by atoms with van der Waals surface area (Å²) in [4.78, 5) is 4.64. The highest BCUT2D eigenvalue weighted by Gasteiger charge is 2.28. The summed E-state index contributed by atoms with van der Waals surface area (Å²) in [5.41, 5.74) is 0. The number of hydrogen-bond acceptors (Lipinski definition) is 3. The van der Waals surface area contributed by atoms with Gasteiger partial charge in [-0.05, 0) is 0 Å². The molecule has 0 aromatic heterocycles. The molecule has 0 amide bonds. The van der Waals surface area contributed by atoms with Crippen LogP contribution in [-0.2, 0) is 0 Å². The Balaban J connectivity index is 2.09. The number of nitrogens with zero attached hydrogens (tertiary/aromatic N) is 2. The van der Waals surface area contributed by atoms with E-state index in [1.165, 1.54) is 15.9 Å². The van der Waals surface area contributed by atoms with Gasteiger partial charge in [0.25, 0.3) is 0 Å². The lowest BCUT2D eigenvalue weighted by Crippen LogP contribution is -2.25. The maximum Gasteiger partial charge on any atom is 0.182 e. The zero-order chi connectivity index (χ0) is 17.0. The monoisotopic (exact) mass is 362 g/mol. The largest absolute Gasteiger partial charge is 0.260 e. The Bertz CT molecular complexity index is 818. The number of rotatable bonds is 3. The molecule has 0 atom stereocenters. The van der Waals surface area contributed by atoms with Crippen LogP contribution in [0, 0.1) is 0 Å². The predicted octanol–water partition coefficient (Wildman–Crippen LogP) is 4.27. The highest BCUT2D eigenvalue weighted by Crippen LogP contribution is 2.47. The summed E-state index contributed by atoms with van der Waals surface area (Å²) in [6.07, 6.45) is 0. The zero-order valence-corrected chi connectivity index (χ0v) is 15.5. The Hall–Kier alpha value is -2.09. The van der Waals surface area contributed by atoms with Crippen LogP contribution >= 0.6 is 18.8 Å². The lowest BCUT2D eigenvalue weighted by Gasteiger charge is -2.26. The maximum absolute atomic E-state index is 5.34. The molecule has 0 saturated heterocycles. The normalized spacial score (nSPS) is 14.2. The second-order valence-corrected chi connectivity index (χ2v) is 9.84. The summed E-state index contributed by atoms with van der Waals surface area (Å²) in [6.45, 7) is 0.863. The van der Waals surface area contributed by atoms with Gasteiger partial charge >= 0.3 is 0 Å². The molecule has 4 heteroatoms. The van der Waals surface area contributed by atoms with E-state index in [0.29, 0.717) is 0 Å². The van der Waals surface area contributed by atoms with Crippen molar-refractivity contribution in [2.24, 2.45) is 9.74 Å². The van der Waals surface area contributed by atoms with E-state index in [-0.39, 0.29) is 0 Å². The Kier molecular flexibility index (Phi) is 4.87. The van der Waals surface area contributed by atoms with Crippen molar-refractivity contribution >= 4 is 39.9 Å². The van der Waals surface area contributed by atoms with Gasteiger partial charge < -0.3 is 0 Å². The van der Waals surface area contributed by atoms with Crippen LogP contribution in [0.15, 0.2) is 101 Å². The smallest absolute Gasteiger partial charge is 0.182 e. The third-order valence-corrected chi connectivity index (χ3v) is 8.82. The van der Waals surface area contributed by atoms with Crippen molar-refractivity contribution < 1.29 is 0 Å². The molecule has 0 radical (unpaired) electrons. The van der Waals surface area contributed by atoms with Crippen LogP contribution in [0.25, 0.3) is 0 Å². The molecule has 2 nitrogen and oxygen atoms in total. The van der Waals surface area contributed by atoms with Crippen LogP contribution in [0.3, 0.4) is 0 Å². The minimum absolute atomic E-state index is 0.863. The molecule has 3 aromatic carbocycles. The summed E-state index contributed by atoms with van der Waals surface area (Å²) in [5.74, 6) is 1.03. The molecule has 0 aliphatic carbocycles. The fourth-order valence-corrected chi connectivity index (χ4v) is 7.58. The summed E-state index contributed by atoms with van der Waals surface area (Å²) >= 11 is 1.76. The third kappa shape index (κ3) is 3.22. The third-order valence-electron chi connectivity index (χ3n) is 4.19. The second kappa shape index (κ2) is 7.43. The second-order valence-electron chi connectivity index (χ2n) is 5.75. The molecule has 1 aliphatic heterocycles. The first-order valence-corrected chi connectivity index (χ1v) is 11.1. The van der Waals surface area contributed by atoms with Crippen molar-refractivity contribution in [1.82, 2.24) is 0 Å². The van der Waals surface area contributed by atoms with Gasteiger partial charge in [-0.15, -0.1) is 0 Å². The number of hydrogen-bond donors (Lipinski definition) is 0. The molecule has 1 heterocycles. The van der Waals surface area contributed by atoms with E-state index in [9.17, 15) is 0 Å². The topological polar surface area (TPSA) is 24.7 Å². The van der Waals surface area contributed by atoms with Gasteiger partial charge in [0.2, 0.25) is 0 Å². The lowest BCUT2D eigenvalue weighted by atomic mass is 10.4. The number of amidine groups is 1. The molecule has 0 N–H and O–H groups in total. The van der Waals surface area contributed by atoms with Crippen LogP contribution in [0.5, 0.6) is 0 Å². The van der Waals surface area contributed by atoms with E-state index in [1.807, 2.05) is 0 Å². The Morgan fingerprint density at radius 1 is 0.680 bits per heavy atom. The Morgan fingerprint density at radius 3 is 1.48 bits per heavy atom. The van der Waals surface area contributed by atoms with E-state index in [2.05, 4.69) is 96.0 Å². The molecular formula is C21H19N2PS. The lowest BCUT2D eigenvalue weighted by molar-refractivity contribution is 1.17. The molecule has 0 fully saturated rings. The first kappa shape index (κ1) is 16.4. The maximum atomic E-state index is 5.34. The highest BCUT2D eigenvalue weighted by atomic mass is 32.2. The van der Waals surface area contributed by atoms with Crippen molar-refractivity contribution in [2.75, 3.05) is 12.3 Å². The van der Waals surface area contributed by atoms with E-state index in [0.717, 1.165) is 17.5 Å². The van der Waals surface area contributed by atoms with Crippen molar-refractivity contribution in [3.05, 3.63) is 91.0 Å². The van der Waals surface area contributed by atoms with Crippen LogP contribution in [0.1, 0.15) is 0 Å². The molecule has 0 bridgehead atoms. The van der Waals surface area contributed by atoms with Crippen molar-refractivity contribution in [3.63, 3.8) is 0 Å². The summed E-state index contributed by atoms with van der Waals surface area (Å²) in [5, 5.41) is 4.73.